The van der Waals surface area contributed by atoms with E-state index in [1.54, 1.807) is 48.8 Å². The van der Waals surface area contributed by atoms with Crippen LogP contribution in [0.1, 0.15) is 27.1 Å². The van der Waals surface area contributed by atoms with Gasteiger partial charge < -0.3 is 9.13 Å². The van der Waals surface area contributed by atoms with Crippen LogP contribution >= 0.6 is 0 Å². The van der Waals surface area contributed by atoms with E-state index in [-0.39, 0.29) is 24.2 Å². The van der Waals surface area contributed by atoms with Crippen molar-refractivity contribution < 1.29 is 18.4 Å². The molecule has 9 nitrogen and oxygen atoms in total. The van der Waals surface area contributed by atoms with Crippen molar-refractivity contribution in [2.45, 2.75) is 13.0 Å². The van der Waals surface area contributed by atoms with Crippen LogP contribution in [0.3, 0.4) is 0 Å². The van der Waals surface area contributed by atoms with Crippen molar-refractivity contribution in [3.63, 3.8) is 0 Å². The van der Waals surface area contributed by atoms with Crippen molar-refractivity contribution in [3.8, 4) is 17.1 Å². The zero-order valence-electron chi connectivity index (χ0n) is 22.7. The summed E-state index contributed by atoms with van der Waals surface area (Å²) >= 11 is 0. The van der Waals surface area contributed by atoms with Crippen LogP contribution in [-0.4, -0.2) is 46.7 Å². The maximum Gasteiger partial charge on any atom is 0.350 e. The summed E-state index contributed by atoms with van der Waals surface area (Å²) < 4.78 is 35.1. The number of aromatic nitrogens is 5. The Hall–Kier alpha value is -5.32. The van der Waals surface area contributed by atoms with Crippen LogP contribution in [0.25, 0.3) is 38.9 Å². The van der Waals surface area contributed by atoms with Gasteiger partial charge in [-0.15, -0.1) is 5.10 Å². The summed E-state index contributed by atoms with van der Waals surface area (Å²) in [7, 11) is 3.35. The smallest absolute Gasteiger partial charge is 0.350 e. The van der Waals surface area contributed by atoms with E-state index in [9.17, 15) is 23.2 Å². The highest BCUT2D eigenvalue weighted by Gasteiger charge is 2.34. The van der Waals surface area contributed by atoms with Crippen molar-refractivity contribution in [2.24, 2.45) is 14.1 Å². The molecule has 3 aromatic heterocycles. The predicted molar refractivity (Wildman–Crippen MR) is 153 cm³/mol. The van der Waals surface area contributed by atoms with Crippen molar-refractivity contribution >= 4 is 33.6 Å². The summed E-state index contributed by atoms with van der Waals surface area (Å²) in [5.41, 5.74) is 2.72. The third kappa shape index (κ3) is 3.80. The second-order valence-electron chi connectivity index (χ2n) is 10.4. The van der Waals surface area contributed by atoms with Crippen molar-refractivity contribution in [3.05, 3.63) is 106 Å². The van der Waals surface area contributed by atoms with E-state index in [0.29, 0.717) is 51.6 Å². The number of nitrogens with zero attached hydrogens (tertiary/aromatic N) is 6. The lowest BCUT2D eigenvalue weighted by atomic mass is 10.1. The van der Waals surface area contributed by atoms with Crippen LogP contribution in [0.15, 0.2) is 77.9 Å². The number of halogens is 2. The fourth-order valence-corrected chi connectivity index (χ4v) is 5.85. The van der Waals surface area contributed by atoms with E-state index in [0.717, 1.165) is 5.52 Å². The number of rotatable bonds is 6. The molecule has 4 heterocycles. The Morgan fingerprint density at radius 3 is 2.07 bits per heavy atom. The second-order valence-corrected chi connectivity index (χ2v) is 10.4. The molecule has 0 bridgehead atoms. The van der Waals surface area contributed by atoms with Crippen LogP contribution in [0, 0.1) is 11.6 Å². The Balaban J connectivity index is 1.29. The molecule has 210 valence electrons. The molecule has 0 N–H and O–H groups in total. The maximum absolute atomic E-state index is 14.6. The molecule has 7 rings (SSSR count). The molecule has 3 aromatic carbocycles. The Morgan fingerprint density at radius 2 is 1.38 bits per heavy atom. The number of carbonyl (C=O) groups is 2. The zero-order valence-corrected chi connectivity index (χ0v) is 22.7. The molecule has 0 atom stereocenters. The number of benzene rings is 3. The number of hydrogen-bond acceptors (Lipinski definition) is 4. The van der Waals surface area contributed by atoms with E-state index in [1.807, 2.05) is 16.2 Å². The van der Waals surface area contributed by atoms with Crippen LogP contribution in [0.4, 0.5) is 8.78 Å². The molecule has 0 radical (unpaired) electrons. The number of carbonyl (C=O) groups excluding carboxylic acids is 2. The highest BCUT2D eigenvalue weighted by atomic mass is 19.1. The highest BCUT2D eigenvalue weighted by molar-refractivity contribution is 6.21. The monoisotopic (exact) mass is 566 g/mol. The van der Waals surface area contributed by atoms with Crippen LogP contribution in [0.2, 0.25) is 0 Å². The Labute approximate surface area is 237 Å². The van der Waals surface area contributed by atoms with E-state index < -0.39 is 17.3 Å². The van der Waals surface area contributed by atoms with Gasteiger partial charge in [0.15, 0.2) is 5.82 Å². The van der Waals surface area contributed by atoms with Gasteiger partial charge in [-0.05, 0) is 55.0 Å². The maximum atomic E-state index is 14.6. The van der Waals surface area contributed by atoms with Crippen molar-refractivity contribution in [1.82, 2.24) is 28.4 Å². The number of hydrogen-bond donors (Lipinski definition) is 0. The first-order valence-corrected chi connectivity index (χ1v) is 13.4. The molecule has 6 aromatic rings. The van der Waals surface area contributed by atoms with E-state index in [1.165, 1.54) is 45.5 Å². The minimum Gasteiger partial charge on any atom is -0.350 e. The van der Waals surface area contributed by atoms with Gasteiger partial charge in [0, 0.05) is 61.4 Å². The van der Waals surface area contributed by atoms with Gasteiger partial charge in [0.1, 0.15) is 11.6 Å². The number of amides is 2. The van der Waals surface area contributed by atoms with Crippen LogP contribution in [-0.2, 0) is 20.6 Å². The summed E-state index contributed by atoms with van der Waals surface area (Å²) in [4.78, 5) is 40.3. The predicted octanol–water partition coefficient (Wildman–Crippen LogP) is 4.65. The lowest BCUT2D eigenvalue weighted by Gasteiger charge is -2.14. The average molecular weight is 567 g/mol. The van der Waals surface area contributed by atoms with E-state index in [2.05, 4.69) is 5.10 Å². The summed E-state index contributed by atoms with van der Waals surface area (Å²) in [6.45, 7) is 0.585. The average Bonchev–Trinajstić information content (AvgIpc) is 3.66. The van der Waals surface area contributed by atoms with Gasteiger partial charge in [-0.1, -0.05) is 12.1 Å². The quantitative estimate of drug-likeness (QED) is 0.275. The molecule has 1 aliphatic heterocycles. The highest BCUT2D eigenvalue weighted by Crippen LogP contribution is 2.33. The number of imide groups is 1. The normalized spacial score (nSPS) is 13.2. The molecule has 0 saturated heterocycles. The lowest BCUT2D eigenvalue weighted by molar-refractivity contribution is 0.0651. The molecule has 0 aliphatic carbocycles. The molecule has 0 saturated carbocycles. The molecule has 0 spiro atoms. The van der Waals surface area contributed by atoms with Gasteiger partial charge in [-0.3, -0.25) is 14.5 Å². The van der Waals surface area contributed by atoms with Gasteiger partial charge in [0.05, 0.1) is 22.3 Å². The standard InChI is InChI=1S/C31H24F2N6O3/c1-35-16-24(22-14-18(32)8-10-25(22)35)28-34-36(2)31(42)39(28)27-17-37(26-11-9-19(33)15-23(26)27)12-5-13-38-29(40)20-6-3-4-7-21(20)30(38)41/h3-4,6-11,14-17H,5,12-13H2,1-2H3. The van der Waals surface area contributed by atoms with Gasteiger partial charge in [0.2, 0.25) is 0 Å². The number of fused-ring (bicyclic) bond motifs is 3. The summed E-state index contributed by atoms with van der Waals surface area (Å²) in [6, 6.07) is 15.5. The Bertz CT molecular complexity index is 2120. The minimum absolute atomic E-state index is 0.197. The largest absolute Gasteiger partial charge is 0.350 e. The fourth-order valence-electron chi connectivity index (χ4n) is 5.85. The lowest BCUT2D eigenvalue weighted by Crippen LogP contribution is -2.31. The van der Waals surface area contributed by atoms with Gasteiger partial charge in [0.25, 0.3) is 11.8 Å². The van der Waals surface area contributed by atoms with Gasteiger partial charge in [-0.2, -0.15) is 0 Å². The molecule has 42 heavy (non-hydrogen) atoms. The van der Waals surface area contributed by atoms with Gasteiger partial charge in [-0.25, -0.2) is 22.8 Å². The van der Waals surface area contributed by atoms with E-state index >= 15 is 0 Å². The van der Waals surface area contributed by atoms with Crippen molar-refractivity contribution in [2.75, 3.05) is 6.54 Å². The summed E-state index contributed by atoms with van der Waals surface area (Å²) in [5.74, 6) is -1.26. The fraction of sp³-hybridized carbons (Fsp3) is 0.161. The Kier molecular flexibility index (Phi) is 5.72. The molecule has 2 amide bonds. The van der Waals surface area contributed by atoms with Crippen molar-refractivity contribution in [1.29, 1.82) is 0 Å². The third-order valence-electron chi connectivity index (χ3n) is 7.84. The second kappa shape index (κ2) is 9.37. The van der Waals surface area contributed by atoms with Crippen LogP contribution < -0.4 is 5.69 Å². The first-order valence-electron chi connectivity index (χ1n) is 13.4. The third-order valence-corrected chi connectivity index (χ3v) is 7.84. The molecule has 0 fully saturated rings. The van der Waals surface area contributed by atoms with E-state index in [4.69, 9.17) is 0 Å². The molecule has 1 aliphatic rings. The first-order chi connectivity index (χ1) is 20.2. The zero-order chi connectivity index (χ0) is 29.3. The number of aryl methyl sites for hydroxylation is 3. The van der Waals surface area contributed by atoms with Crippen LogP contribution in [0.5, 0.6) is 0 Å². The SMILES string of the molecule is Cn1nc(-c2cn(C)c3ccc(F)cc23)n(-c2cn(CCCN3C(=O)c4ccccc4C3=O)c3ccc(F)cc23)c1=O. The summed E-state index contributed by atoms with van der Waals surface area (Å²) in [6.07, 6.45) is 3.96. The Morgan fingerprint density at radius 1 is 0.738 bits per heavy atom. The molecule has 0 unspecified atom stereocenters. The summed E-state index contributed by atoms with van der Waals surface area (Å²) in [5, 5.41) is 5.55. The molecule has 11 heteroatoms. The first kappa shape index (κ1) is 25.6. The molecular formula is C31H24F2N6O3. The van der Waals surface area contributed by atoms with Gasteiger partial charge >= 0.3 is 5.69 Å². The minimum atomic E-state index is -0.474. The topological polar surface area (TPSA) is 87.1 Å². The molecular weight excluding hydrogens is 542 g/mol.